The molecule has 0 saturated heterocycles. The maximum absolute atomic E-state index is 14.1. The second-order valence-corrected chi connectivity index (χ2v) is 4.65. The maximum Gasteiger partial charge on any atom is 0.328 e. The van der Waals surface area contributed by atoms with E-state index in [0.717, 1.165) is 0 Å². The van der Waals surface area contributed by atoms with Gasteiger partial charge in [-0.15, -0.1) is 0 Å². The molecule has 0 saturated carbocycles. The van der Waals surface area contributed by atoms with Crippen LogP contribution in [0.4, 0.5) is 13.2 Å². The van der Waals surface area contributed by atoms with Crippen LogP contribution in [0, 0.1) is 0 Å². The third-order valence-electron chi connectivity index (χ3n) is 3.40. The monoisotopic (exact) mass is 276 g/mol. The molecule has 3 rings (SSSR count). The Hall–Kier alpha value is -2.07. The van der Waals surface area contributed by atoms with Crippen LogP contribution >= 0.6 is 0 Å². The lowest BCUT2D eigenvalue weighted by molar-refractivity contribution is -0.173. The number of hydrogen-bond acceptors (Lipinski definition) is 1. The van der Waals surface area contributed by atoms with Gasteiger partial charge in [0.05, 0.1) is 0 Å². The second-order valence-electron chi connectivity index (χ2n) is 4.65. The Labute approximate surface area is 113 Å². The van der Waals surface area contributed by atoms with E-state index >= 15 is 0 Å². The molecule has 4 heteroatoms. The number of rotatable bonds is 2. The first-order valence-electron chi connectivity index (χ1n) is 6.13. The number of halogens is 3. The van der Waals surface area contributed by atoms with Crippen molar-refractivity contribution >= 4 is 21.5 Å². The molecule has 1 N–H and O–H groups in total. The Bertz CT molecular complexity index is 727. The summed E-state index contributed by atoms with van der Waals surface area (Å²) in [4.78, 5) is 0. The molecule has 0 amide bonds. The zero-order valence-corrected chi connectivity index (χ0v) is 10.4. The summed E-state index contributed by atoms with van der Waals surface area (Å²) in [5.74, 6) is -3.96. The molecule has 0 radical (unpaired) electrons. The molecular weight excluding hydrogens is 265 g/mol. The maximum atomic E-state index is 14.1. The highest BCUT2D eigenvalue weighted by molar-refractivity contribution is 6.02. The van der Waals surface area contributed by atoms with Crippen molar-refractivity contribution in [1.29, 1.82) is 0 Å². The fourth-order valence-electron chi connectivity index (χ4n) is 2.49. The average Bonchev–Trinajstić information content (AvgIpc) is 2.44. The summed E-state index contributed by atoms with van der Waals surface area (Å²) < 4.78 is 41.3. The van der Waals surface area contributed by atoms with Crippen LogP contribution in [0.3, 0.4) is 0 Å². The minimum absolute atomic E-state index is 0.243. The van der Waals surface area contributed by atoms with Gasteiger partial charge in [-0.05, 0) is 27.6 Å². The lowest BCUT2D eigenvalue weighted by atomic mass is 9.93. The van der Waals surface area contributed by atoms with E-state index in [9.17, 15) is 13.2 Å². The minimum Gasteiger partial charge on any atom is -0.359 e. The quantitative estimate of drug-likeness (QED) is 0.689. The molecule has 0 bridgehead atoms. The van der Waals surface area contributed by atoms with Gasteiger partial charge in [0.1, 0.15) is 0 Å². The molecule has 20 heavy (non-hydrogen) atoms. The highest BCUT2D eigenvalue weighted by atomic mass is 19.3. The minimum atomic E-state index is -3.96. The molecule has 102 valence electrons. The molecule has 0 spiro atoms. The van der Waals surface area contributed by atoms with E-state index in [4.69, 9.17) is 5.11 Å². The van der Waals surface area contributed by atoms with Crippen molar-refractivity contribution in [3.63, 3.8) is 0 Å². The molecule has 3 aromatic carbocycles. The van der Waals surface area contributed by atoms with Gasteiger partial charge in [-0.25, -0.2) is 4.39 Å². The molecular formula is C16H11F3O. The van der Waals surface area contributed by atoms with Gasteiger partial charge in [0, 0.05) is 5.56 Å². The molecule has 3 aromatic rings. The van der Waals surface area contributed by atoms with Gasteiger partial charge >= 0.3 is 5.92 Å². The first-order valence-corrected chi connectivity index (χ1v) is 6.13. The van der Waals surface area contributed by atoms with Crippen LogP contribution in [0.25, 0.3) is 21.5 Å². The highest BCUT2D eigenvalue weighted by Gasteiger charge is 2.43. The van der Waals surface area contributed by atoms with Crippen LogP contribution in [-0.4, -0.2) is 11.5 Å². The fraction of sp³-hybridized carbons (Fsp3) is 0.125. The zero-order valence-electron chi connectivity index (χ0n) is 10.4. The number of aliphatic hydroxyl groups excluding tert-OH is 1. The SMILES string of the molecule is OC(F)C(F)(F)c1c2ccccc2cc2ccccc12. The normalized spacial score (nSPS) is 13.8. The van der Waals surface area contributed by atoms with Crippen molar-refractivity contribution in [2.24, 2.45) is 0 Å². The molecule has 1 nitrogen and oxygen atoms in total. The number of aliphatic hydroxyl groups is 1. The third kappa shape index (κ3) is 1.84. The summed E-state index contributed by atoms with van der Waals surface area (Å²) >= 11 is 0. The largest absolute Gasteiger partial charge is 0.359 e. The lowest BCUT2D eigenvalue weighted by Crippen LogP contribution is -2.27. The summed E-state index contributed by atoms with van der Waals surface area (Å²) in [5.41, 5.74) is -0.471. The van der Waals surface area contributed by atoms with E-state index in [1.54, 1.807) is 42.5 Å². The van der Waals surface area contributed by atoms with Crippen molar-refractivity contribution in [2.75, 3.05) is 0 Å². The van der Waals surface area contributed by atoms with E-state index in [1.165, 1.54) is 12.1 Å². The Morgan fingerprint density at radius 3 is 1.75 bits per heavy atom. The van der Waals surface area contributed by atoms with Crippen LogP contribution in [0.15, 0.2) is 54.6 Å². The van der Waals surface area contributed by atoms with Crippen molar-refractivity contribution in [3.05, 3.63) is 60.2 Å². The number of alkyl halides is 3. The molecule has 0 aliphatic heterocycles. The molecule has 0 fully saturated rings. The first kappa shape index (κ1) is 12.9. The van der Waals surface area contributed by atoms with Crippen LogP contribution in [0.1, 0.15) is 5.56 Å². The molecule has 0 heterocycles. The standard InChI is InChI=1S/C16H11F3O/c17-15(20)16(18,19)14-12-7-3-1-5-10(12)9-11-6-2-4-8-13(11)14/h1-9,15,20H. The Morgan fingerprint density at radius 1 is 0.850 bits per heavy atom. The van der Waals surface area contributed by atoms with Gasteiger partial charge in [-0.2, -0.15) is 8.78 Å². The van der Waals surface area contributed by atoms with Gasteiger partial charge in [0.2, 0.25) is 0 Å². The van der Waals surface area contributed by atoms with Gasteiger partial charge in [-0.3, -0.25) is 0 Å². The van der Waals surface area contributed by atoms with Crippen LogP contribution < -0.4 is 0 Å². The summed E-state index contributed by atoms with van der Waals surface area (Å²) in [6, 6.07) is 14.8. The van der Waals surface area contributed by atoms with Gasteiger partial charge in [0.15, 0.2) is 0 Å². The Morgan fingerprint density at radius 2 is 1.30 bits per heavy atom. The average molecular weight is 276 g/mol. The number of hydrogen-bond donors (Lipinski definition) is 1. The molecule has 1 atom stereocenters. The van der Waals surface area contributed by atoms with Gasteiger partial charge < -0.3 is 5.11 Å². The summed E-state index contributed by atoms with van der Waals surface area (Å²) in [6.45, 7) is 0. The van der Waals surface area contributed by atoms with E-state index in [-0.39, 0.29) is 10.8 Å². The smallest absolute Gasteiger partial charge is 0.328 e. The zero-order chi connectivity index (χ0) is 14.3. The number of fused-ring (bicyclic) bond motifs is 2. The van der Waals surface area contributed by atoms with E-state index < -0.39 is 17.8 Å². The summed E-state index contributed by atoms with van der Waals surface area (Å²) in [7, 11) is 0. The van der Waals surface area contributed by atoms with Crippen molar-refractivity contribution < 1.29 is 18.3 Å². The molecule has 0 aliphatic rings. The van der Waals surface area contributed by atoms with E-state index in [0.29, 0.717) is 10.8 Å². The summed E-state index contributed by atoms with van der Waals surface area (Å²) in [6.07, 6.45) is -3.24. The predicted octanol–water partition coefficient (Wildman–Crippen LogP) is 4.37. The van der Waals surface area contributed by atoms with Crippen LogP contribution in [0.2, 0.25) is 0 Å². The Kier molecular flexibility index (Phi) is 2.91. The fourth-order valence-corrected chi connectivity index (χ4v) is 2.49. The first-order chi connectivity index (χ1) is 9.51. The Balaban J connectivity index is 2.52. The topological polar surface area (TPSA) is 20.2 Å². The van der Waals surface area contributed by atoms with E-state index in [1.807, 2.05) is 0 Å². The highest BCUT2D eigenvalue weighted by Crippen LogP contribution is 2.41. The molecule has 0 aliphatic carbocycles. The third-order valence-corrected chi connectivity index (χ3v) is 3.40. The lowest BCUT2D eigenvalue weighted by Gasteiger charge is -2.21. The van der Waals surface area contributed by atoms with E-state index in [2.05, 4.69) is 0 Å². The van der Waals surface area contributed by atoms with Crippen LogP contribution in [0.5, 0.6) is 0 Å². The molecule has 0 aromatic heterocycles. The van der Waals surface area contributed by atoms with Crippen molar-refractivity contribution in [2.45, 2.75) is 12.3 Å². The van der Waals surface area contributed by atoms with Crippen molar-refractivity contribution in [3.8, 4) is 0 Å². The van der Waals surface area contributed by atoms with Gasteiger partial charge in [0.25, 0.3) is 6.36 Å². The van der Waals surface area contributed by atoms with Crippen LogP contribution in [-0.2, 0) is 5.92 Å². The predicted molar refractivity (Wildman–Crippen MR) is 72.5 cm³/mol. The number of benzene rings is 3. The molecule has 1 unspecified atom stereocenters. The second kappa shape index (κ2) is 4.49. The summed E-state index contributed by atoms with van der Waals surface area (Å²) in [5, 5.41) is 10.5. The van der Waals surface area contributed by atoms with Gasteiger partial charge in [-0.1, -0.05) is 48.5 Å². The van der Waals surface area contributed by atoms with Crippen molar-refractivity contribution in [1.82, 2.24) is 0 Å².